The molecular weight excluding hydrogens is 176 g/mol. The Morgan fingerprint density at radius 2 is 2.14 bits per heavy atom. The third-order valence-corrected chi connectivity index (χ3v) is 1.97. The number of nitrogens with zero attached hydrogens (tertiary/aromatic N) is 4. The lowest BCUT2D eigenvalue weighted by Gasteiger charge is -2.06. The van der Waals surface area contributed by atoms with Crippen molar-refractivity contribution in [2.24, 2.45) is 0 Å². The van der Waals surface area contributed by atoms with Gasteiger partial charge in [0.1, 0.15) is 0 Å². The first-order chi connectivity index (χ1) is 6.77. The van der Waals surface area contributed by atoms with Crippen molar-refractivity contribution in [3.8, 4) is 5.82 Å². The standard InChI is InChI=1S/C10H12N4/c1-13(2)9-7-12-14(8-9)10-5-3-4-6-11-10/h3-8H,1-2H3. The van der Waals surface area contributed by atoms with Crippen LogP contribution in [0.1, 0.15) is 0 Å². The molecule has 0 radical (unpaired) electrons. The van der Waals surface area contributed by atoms with E-state index in [9.17, 15) is 0 Å². The molecule has 2 aromatic rings. The Kier molecular flexibility index (Phi) is 2.18. The average Bonchev–Trinajstić information content (AvgIpc) is 2.68. The largest absolute Gasteiger partial charge is 0.375 e. The van der Waals surface area contributed by atoms with Gasteiger partial charge in [-0.05, 0) is 12.1 Å². The second-order valence-electron chi connectivity index (χ2n) is 3.23. The summed E-state index contributed by atoms with van der Waals surface area (Å²) in [7, 11) is 3.97. The Balaban J connectivity index is 2.34. The van der Waals surface area contributed by atoms with Crippen LogP contribution >= 0.6 is 0 Å². The van der Waals surface area contributed by atoms with Crippen LogP contribution in [0.2, 0.25) is 0 Å². The van der Waals surface area contributed by atoms with E-state index in [-0.39, 0.29) is 0 Å². The van der Waals surface area contributed by atoms with E-state index in [1.54, 1.807) is 10.9 Å². The third-order valence-electron chi connectivity index (χ3n) is 1.97. The highest BCUT2D eigenvalue weighted by molar-refractivity contribution is 5.42. The number of hydrogen-bond acceptors (Lipinski definition) is 3. The lowest BCUT2D eigenvalue weighted by atomic mass is 10.4. The maximum Gasteiger partial charge on any atom is 0.153 e. The second-order valence-corrected chi connectivity index (χ2v) is 3.23. The number of rotatable bonds is 2. The van der Waals surface area contributed by atoms with E-state index in [4.69, 9.17) is 0 Å². The monoisotopic (exact) mass is 188 g/mol. The third kappa shape index (κ3) is 1.59. The zero-order valence-corrected chi connectivity index (χ0v) is 8.25. The van der Waals surface area contributed by atoms with Crippen LogP contribution in [0.4, 0.5) is 5.69 Å². The Morgan fingerprint density at radius 3 is 2.71 bits per heavy atom. The number of aromatic nitrogens is 3. The van der Waals surface area contributed by atoms with Crippen molar-refractivity contribution in [3.63, 3.8) is 0 Å². The van der Waals surface area contributed by atoms with Gasteiger partial charge in [0.05, 0.1) is 18.1 Å². The van der Waals surface area contributed by atoms with Gasteiger partial charge < -0.3 is 4.90 Å². The van der Waals surface area contributed by atoms with Crippen molar-refractivity contribution in [1.82, 2.24) is 14.8 Å². The number of pyridine rings is 1. The number of anilines is 1. The predicted octanol–water partition coefficient (Wildman–Crippen LogP) is 1.33. The highest BCUT2D eigenvalue weighted by Crippen LogP contribution is 2.11. The zero-order chi connectivity index (χ0) is 9.97. The van der Waals surface area contributed by atoms with Crippen LogP contribution in [0.15, 0.2) is 36.8 Å². The summed E-state index contributed by atoms with van der Waals surface area (Å²) in [4.78, 5) is 6.21. The molecular formula is C10H12N4. The molecule has 0 saturated heterocycles. The van der Waals surface area contributed by atoms with Gasteiger partial charge in [-0.15, -0.1) is 0 Å². The van der Waals surface area contributed by atoms with E-state index in [1.807, 2.05) is 49.6 Å². The molecule has 0 N–H and O–H groups in total. The van der Waals surface area contributed by atoms with Gasteiger partial charge in [0, 0.05) is 20.3 Å². The molecule has 4 nitrogen and oxygen atoms in total. The molecule has 2 heterocycles. The van der Waals surface area contributed by atoms with Crippen molar-refractivity contribution < 1.29 is 0 Å². The molecule has 0 aliphatic carbocycles. The fourth-order valence-electron chi connectivity index (χ4n) is 1.16. The fraction of sp³-hybridized carbons (Fsp3) is 0.200. The Morgan fingerprint density at radius 1 is 1.29 bits per heavy atom. The Bertz CT molecular complexity index is 405. The number of hydrogen-bond donors (Lipinski definition) is 0. The lowest BCUT2D eigenvalue weighted by molar-refractivity contribution is 0.847. The molecule has 0 unspecified atom stereocenters. The molecule has 14 heavy (non-hydrogen) atoms. The summed E-state index contributed by atoms with van der Waals surface area (Å²) < 4.78 is 1.76. The average molecular weight is 188 g/mol. The van der Waals surface area contributed by atoms with Crippen molar-refractivity contribution in [2.45, 2.75) is 0 Å². The van der Waals surface area contributed by atoms with Gasteiger partial charge >= 0.3 is 0 Å². The SMILES string of the molecule is CN(C)c1cnn(-c2ccccn2)c1. The predicted molar refractivity (Wildman–Crippen MR) is 55.7 cm³/mol. The Hall–Kier alpha value is -1.84. The van der Waals surface area contributed by atoms with Crippen LogP contribution in [-0.2, 0) is 0 Å². The molecule has 2 aromatic heterocycles. The first-order valence-electron chi connectivity index (χ1n) is 4.41. The van der Waals surface area contributed by atoms with Crippen molar-refractivity contribution in [2.75, 3.05) is 19.0 Å². The normalized spacial score (nSPS) is 10.1. The van der Waals surface area contributed by atoms with Gasteiger partial charge in [-0.2, -0.15) is 5.10 Å². The van der Waals surface area contributed by atoms with Crippen LogP contribution < -0.4 is 4.90 Å². The topological polar surface area (TPSA) is 34.0 Å². The van der Waals surface area contributed by atoms with Crippen LogP contribution in [0, 0.1) is 0 Å². The highest BCUT2D eigenvalue weighted by Gasteiger charge is 2.01. The maximum atomic E-state index is 4.22. The van der Waals surface area contributed by atoms with Crippen LogP contribution in [0.25, 0.3) is 5.82 Å². The van der Waals surface area contributed by atoms with Gasteiger partial charge in [0.2, 0.25) is 0 Å². The molecule has 72 valence electrons. The minimum atomic E-state index is 0.834. The summed E-state index contributed by atoms with van der Waals surface area (Å²) in [6, 6.07) is 5.76. The first-order valence-corrected chi connectivity index (χ1v) is 4.41. The van der Waals surface area contributed by atoms with E-state index in [1.165, 1.54) is 0 Å². The summed E-state index contributed by atoms with van der Waals surface area (Å²) in [6.45, 7) is 0. The minimum Gasteiger partial charge on any atom is -0.375 e. The van der Waals surface area contributed by atoms with E-state index in [2.05, 4.69) is 10.1 Å². The zero-order valence-electron chi connectivity index (χ0n) is 8.25. The van der Waals surface area contributed by atoms with Gasteiger partial charge in [-0.1, -0.05) is 6.07 Å². The summed E-state index contributed by atoms with van der Waals surface area (Å²) in [6.07, 6.45) is 5.52. The van der Waals surface area contributed by atoms with Crippen molar-refractivity contribution in [1.29, 1.82) is 0 Å². The molecule has 0 amide bonds. The molecule has 0 spiro atoms. The summed E-state index contributed by atoms with van der Waals surface area (Å²) in [5, 5.41) is 4.22. The van der Waals surface area contributed by atoms with Crippen LogP contribution in [0.5, 0.6) is 0 Å². The summed E-state index contributed by atoms with van der Waals surface area (Å²) >= 11 is 0. The molecule has 0 bridgehead atoms. The summed E-state index contributed by atoms with van der Waals surface area (Å²) in [5.74, 6) is 0.834. The van der Waals surface area contributed by atoms with E-state index in [0.29, 0.717) is 0 Å². The van der Waals surface area contributed by atoms with Crippen molar-refractivity contribution in [3.05, 3.63) is 36.8 Å². The lowest BCUT2D eigenvalue weighted by Crippen LogP contribution is -2.07. The Labute approximate surface area is 82.8 Å². The van der Waals surface area contributed by atoms with Gasteiger partial charge in [-0.25, -0.2) is 9.67 Å². The van der Waals surface area contributed by atoms with Gasteiger partial charge in [-0.3, -0.25) is 0 Å². The molecule has 0 fully saturated rings. The van der Waals surface area contributed by atoms with Crippen LogP contribution in [-0.4, -0.2) is 28.9 Å². The molecule has 4 heteroatoms. The van der Waals surface area contributed by atoms with E-state index in [0.717, 1.165) is 11.5 Å². The smallest absolute Gasteiger partial charge is 0.153 e. The van der Waals surface area contributed by atoms with Gasteiger partial charge in [0.15, 0.2) is 5.82 Å². The molecule has 0 aliphatic rings. The minimum absolute atomic E-state index is 0.834. The first kappa shape index (κ1) is 8.74. The molecule has 0 aromatic carbocycles. The maximum absolute atomic E-state index is 4.22. The fourth-order valence-corrected chi connectivity index (χ4v) is 1.16. The van der Waals surface area contributed by atoms with Gasteiger partial charge in [0.25, 0.3) is 0 Å². The van der Waals surface area contributed by atoms with E-state index >= 15 is 0 Å². The highest BCUT2D eigenvalue weighted by atomic mass is 15.3. The summed E-state index contributed by atoms with van der Waals surface area (Å²) in [5.41, 5.74) is 1.07. The van der Waals surface area contributed by atoms with Crippen molar-refractivity contribution >= 4 is 5.69 Å². The second kappa shape index (κ2) is 3.49. The van der Waals surface area contributed by atoms with E-state index < -0.39 is 0 Å². The molecule has 0 aliphatic heterocycles. The molecule has 0 atom stereocenters. The quantitative estimate of drug-likeness (QED) is 0.713. The van der Waals surface area contributed by atoms with Crippen LogP contribution in [0.3, 0.4) is 0 Å². The molecule has 2 rings (SSSR count). The molecule has 0 saturated carbocycles.